The molecule has 0 aromatic heterocycles. The number of rotatable bonds is 11. The summed E-state index contributed by atoms with van der Waals surface area (Å²) in [5.74, 6) is -2.28. The van der Waals surface area contributed by atoms with E-state index in [0.717, 1.165) is 32.1 Å². The lowest BCUT2D eigenvalue weighted by molar-refractivity contribution is -0.316. The van der Waals surface area contributed by atoms with Crippen molar-refractivity contribution in [3.05, 3.63) is 0 Å². The van der Waals surface area contributed by atoms with Crippen molar-refractivity contribution in [2.75, 3.05) is 26.4 Å². The van der Waals surface area contributed by atoms with Gasteiger partial charge < -0.3 is 20.1 Å². The van der Waals surface area contributed by atoms with Crippen molar-refractivity contribution in [3.63, 3.8) is 0 Å². The SMILES string of the molecule is O=C(O)C1CCC(O)CC1C(=O)OCC1CCC(COOCC2CC(O)CCC2COO)CC1. The largest absolute Gasteiger partial charge is 0.481 e. The molecule has 3 rings (SSSR count). The first-order valence-electron chi connectivity index (χ1n) is 12.6. The Morgan fingerprint density at radius 2 is 1.29 bits per heavy atom. The van der Waals surface area contributed by atoms with Crippen molar-refractivity contribution < 1.29 is 49.6 Å². The Labute approximate surface area is 200 Å². The van der Waals surface area contributed by atoms with Gasteiger partial charge in [-0.05, 0) is 87.9 Å². The van der Waals surface area contributed by atoms with E-state index in [1.54, 1.807) is 0 Å². The molecule has 3 aliphatic carbocycles. The molecule has 0 saturated heterocycles. The number of carboxylic acid groups (broad SMARTS) is 1. The zero-order valence-electron chi connectivity index (χ0n) is 19.8. The summed E-state index contributed by atoms with van der Waals surface area (Å²) >= 11 is 0. The first-order valence-corrected chi connectivity index (χ1v) is 12.6. The second-order valence-electron chi connectivity index (χ2n) is 10.4. The molecule has 10 heteroatoms. The van der Waals surface area contributed by atoms with Crippen LogP contribution in [-0.2, 0) is 29.0 Å². The van der Waals surface area contributed by atoms with E-state index < -0.39 is 29.9 Å². The van der Waals surface area contributed by atoms with E-state index in [-0.39, 0.29) is 43.5 Å². The lowest BCUT2D eigenvalue weighted by atomic mass is 9.78. The molecule has 4 N–H and O–H groups in total. The Bertz CT molecular complexity index is 635. The van der Waals surface area contributed by atoms with Crippen LogP contribution < -0.4 is 0 Å². The molecule has 0 aromatic rings. The van der Waals surface area contributed by atoms with Gasteiger partial charge in [0.2, 0.25) is 0 Å². The summed E-state index contributed by atoms with van der Waals surface area (Å²) in [5, 5.41) is 37.8. The van der Waals surface area contributed by atoms with Crippen LogP contribution in [0.4, 0.5) is 0 Å². The minimum Gasteiger partial charge on any atom is -0.481 e. The summed E-state index contributed by atoms with van der Waals surface area (Å²) in [6.07, 6.45) is 5.55. The van der Waals surface area contributed by atoms with Crippen molar-refractivity contribution in [1.29, 1.82) is 0 Å². The summed E-state index contributed by atoms with van der Waals surface area (Å²) in [4.78, 5) is 39.1. The van der Waals surface area contributed by atoms with Crippen molar-refractivity contribution in [2.45, 2.75) is 76.4 Å². The highest BCUT2D eigenvalue weighted by Gasteiger charge is 2.40. The normalized spacial score (nSPS) is 36.7. The van der Waals surface area contributed by atoms with E-state index in [1.807, 2.05) is 0 Å². The number of esters is 1. The van der Waals surface area contributed by atoms with E-state index in [0.29, 0.717) is 44.8 Å². The van der Waals surface area contributed by atoms with Crippen molar-refractivity contribution >= 4 is 11.9 Å². The average molecular weight is 489 g/mol. The summed E-state index contributed by atoms with van der Waals surface area (Å²) in [6.45, 7) is 1.33. The molecule has 0 radical (unpaired) electrons. The average Bonchev–Trinajstić information content (AvgIpc) is 2.82. The van der Waals surface area contributed by atoms with E-state index in [2.05, 4.69) is 4.89 Å². The van der Waals surface area contributed by atoms with E-state index in [4.69, 9.17) is 19.8 Å². The van der Waals surface area contributed by atoms with Gasteiger partial charge in [-0.1, -0.05) is 0 Å². The second kappa shape index (κ2) is 13.7. The molecule has 0 spiro atoms. The summed E-state index contributed by atoms with van der Waals surface area (Å²) in [7, 11) is 0. The zero-order valence-corrected chi connectivity index (χ0v) is 19.8. The summed E-state index contributed by atoms with van der Waals surface area (Å²) in [6, 6.07) is 0. The number of aliphatic carboxylic acids is 1. The lowest BCUT2D eigenvalue weighted by Crippen LogP contribution is -2.39. The number of hydrogen-bond donors (Lipinski definition) is 4. The van der Waals surface area contributed by atoms with Crippen LogP contribution in [0.25, 0.3) is 0 Å². The third-order valence-electron chi connectivity index (χ3n) is 7.94. The van der Waals surface area contributed by atoms with E-state index in [9.17, 15) is 24.9 Å². The van der Waals surface area contributed by atoms with Crippen LogP contribution >= 0.6 is 0 Å². The molecule has 3 saturated carbocycles. The van der Waals surface area contributed by atoms with Gasteiger partial charge in [0, 0.05) is 0 Å². The van der Waals surface area contributed by atoms with Gasteiger partial charge in [0.1, 0.15) is 0 Å². The fourth-order valence-corrected chi connectivity index (χ4v) is 5.68. The maximum Gasteiger partial charge on any atom is 0.309 e. The third kappa shape index (κ3) is 8.13. The summed E-state index contributed by atoms with van der Waals surface area (Å²) in [5.41, 5.74) is 0. The maximum absolute atomic E-state index is 12.5. The molecule has 0 aromatic carbocycles. The molecule has 0 bridgehead atoms. The maximum atomic E-state index is 12.5. The fourth-order valence-electron chi connectivity index (χ4n) is 5.68. The molecule has 34 heavy (non-hydrogen) atoms. The monoisotopic (exact) mass is 488 g/mol. The first-order chi connectivity index (χ1) is 16.4. The number of aliphatic hydroxyl groups is 2. The number of carbonyl (C=O) groups is 2. The smallest absolute Gasteiger partial charge is 0.309 e. The predicted octanol–water partition coefficient (Wildman–Crippen LogP) is 2.41. The van der Waals surface area contributed by atoms with Crippen LogP contribution in [-0.4, -0.2) is 71.2 Å². The molecule has 10 nitrogen and oxygen atoms in total. The number of aliphatic hydroxyl groups excluding tert-OH is 2. The van der Waals surface area contributed by atoms with E-state index >= 15 is 0 Å². The zero-order chi connectivity index (χ0) is 24.5. The van der Waals surface area contributed by atoms with Crippen LogP contribution in [0.5, 0.6) is 0 Å². The minimum atomic E-state index is -1.01. The minimum absolute atomic E-state index is 0.0762. The molecule has 6 atom stereocenters. The van der Waals surface area contributed by atoms with Crippen LogP contribution in [0.2, 0.25) is 0 Å². The molecule has 0 amide bonds. The highest BCUT2D eigenvalue weighted by molar-refractivity contribution is 5.81. The second-order valence-corrected chi connectivity index (χ2v) is 10.4. The number of carboxylic acids is 1. The fraction of sp³-hybridized carbons (Fsp3) is 0.917. The molecular formula is C24H40O10. The van der Waals surface area contributed by atoms with Crippen LogP contribution in [0, 0.1) is 35.5 Å². The predicted molar refractivity (Wildman–Crippen MR) is 118 cm³/mol. The molecule has 0 aliphatic heterocycles. The quantitative estimate of drug-likeness (QED) is 0.148. The topological polar surface area (TPSA) is 152 Å². The Balaban J connectivity index is 1.30. The standard InChI is InChI=1S/C24H40O10/c25-19-6-5-17(13-32-30)18(9-19)14-34-33-12-16-3-1-15(2-4-16)11-31-24(29)22-10-20(26)7-8-21(22)23(27)28/h15-22,25-26,30H,1-14H2,(H,27,28). The highest BCUT2D eigenvalue weighted by atomic mass is 17.2. The van der Waals surface area contributed by atoms with Crippen molar-refractivity contribution in [2.24, 2.45) is 35.5 Å². The van der Waals surface area contributed by atoms with Crippen LogP contribution in [0.1, 0.15) is 64.2 Å². The molecule has 3 fully saturated rings. The highest BCUT2D eigenvalue weighted by Crippen LogP contribution is 2.34. The van der Waals surface area contributed by atoms with Gasteiger partial charge in [-0.15, -0.1) is 0 Å². The van der Waals surface area contributed by atoms with Gasteiger partial charge in [0.25, 0.3) is 0 Å². The molecular weight excluding hydrogens is 448 g/mol. The van der Waals surface area contributed by atoms with Gasteiger partial charge in [-0.2, -0.15) is 0 Å². The van der Waals surface area contributed by atoms with Crippen LogP contribution in [0.15, 0.2) is 0 Å². The first kappa shape index (κ1) is 27.3. The van der Waals surface area contributed by atoms with Gasteiger partial charge >= 0.3 is 11.9 Å². The van der Waals surface area contributed by atoms with Gasteiger partial charge in [-0.3, -0.25) is 14.8 Å². The van der Waals surface area contributed by atoms with Crippen molar-refractivity contribution in [3.8, 4) is 0 Å². The van der Waals surface area contributed by atoms with Crippen LogP contribution in [0.3, 0.4) is 0 Å². The molecule has 196 valence electrons. The number of hydrogen-bond acceptors (Lipinski definition) is 9. The third-order valence-corrected chi connectivity index (χ3v) is 7.94. The lowest BCUT2D eigenvalue weighted by Gasteiger charge is -2.33. The Hall–Kier alpha value is -1.30. The van der Waals surface area contributed by atoms with Crippen molar-refractivity contribution in [1.82, 2.24) is 0 Å². The Morgan fingerprint density at radius 3 is 1.97 bits per heavy atom. The molecule has 3 aliphatic rings. The Morgan fingerprint density at radius 1 is 0.676 bits per heavy atom. The van der Waals surface area contributed by atoms with Gasteiger partial charge in [0.05, 0.1) is 50.5 Å². The summed E-state index contributed by atoms with van der Waals surface area (Å²) < 4.78 is 5.47. The Kier molecular flexibility index (Phi) is 11.0. The number of ether oxygens (including phenoxy) is 1. The number of carbonyl (C=O) groups excluding carboxylic acids is 1. The molecule has 0 heterocycles. The molecule has 6 unspecified atom stereocenters. The van der Waals surface area contributed by atoms with E-state index in [1.165, 1.54) is 0 Å². The van der Waals surface area contributed by atoms with Gasteiger partial charge in [0.15, 0.2) is 0 Å². The van der Waals surface area contributed by atoms with Gasteiger partial charge in [-0.25, -0.2) is 14.7 Å².